The molecule has 4 heteroatoms. The van der Waals surface area contributed by atoms with Crippen LogP contribution in [-0.4, -0.2) is 43.0 Å². The van der Waals surface area contributed by atoms with Crippen LogP contribution in [0.3, 0.4) is 0 Å². The highest BCUT2D eigenvalue weighted by atomic mass is 35.5. The Morgan fingerprint density at radius 3 is 2.33 bits per heavy atom. The molecule has 0 aliphatic carbocycles. The van der Waals surface area contributed by atoms with Crippen LogP contribution in [0.5, 0.6) is 0 Å². The van der Waals surface area contributed by atoms with Crippen molar-refractivity contribution >= 4 is 17.3 Å². The predicted octanol–water partition coefficient (Wildman–Crippen LogP) is 2.70. The number of nitrogen functional groups attached to an aromatic ring is 1. The van der Waals surface area contributed by atoms with Crippen molar-refractivity contribution < 1.29 is 0 Å². The van der Waals surface area contributed by atoms with Crippen molar-refractivity contribution in [3.63, 3.8) is 0 Å². The third-order valence-corrected chi connectivity index (χ3v) is 3.42. The van der Waals surface area contributed by atoms with Crippen LogP contribution in [0.1, 0.15) is 19.4 Å². The van der Waals surface area contributed by atoms with Crippen molar-refractivity contribution in [2.24, 2.45) is 0 Å². The normalized spacial score (nSPS) is 17.1. The van der Waals surface area contributed by atoms with E-state index >= 15 is 0 Å². The topological polar surface area (TPSA) is 32.5 Å². The summed E-state index contributed by atoms with van der Waals surface area (Å²) in [6.45, 7) is 9.40. The average molecular weight is 270 g/mol. The molecule has 0 aromatic heterocycles. The highest BCUT2D eigenvalue weighted by Crippen LogP contribution is 2.21. The first-order chi connectivity index (χ1) is 8.65. The van der Waals surface area contributed by atoms with E-state index in [1.54, 1.807) is 0 Å². The van der Waals surface area contributed by atoms with E-state index in [0.717, 1.165) is 43.4 Å². The molecule has 0 unspecified atom stereocenters. The second-order valence-corrected chi connectivity index (χ2v) is 4.84. The third kappa shape index (κ3) is 4.48. The summed E-state index contributed by atoms with van der Waals surface area (Å²) in [7, 11) is 2.16. The molecule has 1 aliphatic heterocycles. The Morgan fingerprint density at radius 2 is 1.78 bits per heavy atom. The number of halogens is 1. The van der Waals surface area contributed by atoms with E-state index in [-0.39, 0.29) is 0 Å². The summed E-state index contributed by atoms with van der Waals surface area (Å²) < 4.78 is 0. The fraction of sp³-hybridized carbons (Fsp3) is 0.571. The van der Waals surface area contributed by atoms with Gasteiger partial charge >= 0.3 is 0 Å². The number of hydrogen-bond donors (Lipinski definition) is 1. The average Bonchev–Trinajstić information content (AvgIpc) is 2.38. The van der Waals surface area contributed by atoms with E-state index in [9.17, 15) is 0 Å². The first kappa shape index (κ1) is 15.3. The smallest absolute Gasteiger partial charge is 0.0471 e. The Bertz CT molecular complexity index is 360. The van der Waals surface area contributed by atoms with Gasteiger partial charge in [0.1, 0.15) is 0 Å². The Morgan fingerprint density at radius 1 is 1.17 bits per heavy atom. The summed E-state index contributed by atoms with van der Waals surface area (Å²) in [6.07, 6.45) is 0. The number of rotatable bonds is 2. The molecule has 1 aromatic carbocycles. The minimum Gasteiger partial charge on any atom is -0.399 e. The van der Waals surface area contributed by atoms with Crippen molar-refractivity contribution in [2.45, 2.75) is 20.4 Å². The molecule has 1 heterocycles. The standard InChI is InChI=1S/C12H18ClN3.C2H6/c1-15-4-6-16(7-5-15)9-10-2-3-11(14)8-12(10)13;1-2/h2-3,8H,4-7,9,14H2,1H3;1-2H3. The fourth-order valence-electron chi connectivity index (χ4n) is 1.94. The van der Waals surface area contributed by atoms with Crippen LogP contribution < -0.4 is 5.73 Å². The highest BCUT2D eigenvalue weighted by molar-refractivity contribution is 6.31. The number of anilines is 1. The van der Waals surface area contributed by atoms with Crippen LogP contribution in [0, 0.1) is 0 Å². The maximum atomic E-state index is 6.16. The zero-order valence-corrected chi connectivity index (χ0v) is 12.4. The number of nitrogens with zero attached hydrogens (tertiary/aromatic N) is 2. The van der Waals surface area contributed by atoms with Gasteiger partial charge in [0.05, 0.1) is 0 Å². The van der Waals surface area contributed by atoms with Gasteiger partial charge in [-0.15, -0.1) is 0 Å². The Kier molecular flexibility index (Phi) is 6.47. The second-order valence-electron chi connectivity index (χ2n) is 4.43. The van der Waals surface area contributed by atoms with E-state index in [1.165, 1.54) is 5.56 Å². The first-order valence-electron chi connectivity index (χ1n) is 6.60. The summed E-state index contributed by atoms with van der Waals surface area (Å²) in [6, 6.07) is 5.76. The van der Waals surface area contributed by atoms with Gasteiger partial charge in [-0.25, -0.2) is 0 Å². The fourth-order valence-corrected chi connectivity index (χ4v) is 2.19. The minimum absolute atomic E-state index is 0.729. The lowest BCUT2D eigenvalue weighted by atomic mass is 10.2. The van der Waals surface area contributed by atoms with Crippen LogP contribution in [0.25, 0.3) is 0 Å². The van der Waals surface area contributed by atoms with Gasteiger partial charge in [0.15, 0.2) is 0 Å². The molecular weight excluding hydrogens is 246 g/mol. The van der Waals surface area contributed by atoms with Crippen LogP contribution in [0.15, 0.2) is 18.2 Å². The van der Waals surface area contributed by atoms with E-state index in [1.807, 2.05) is 32.0 Å². The molecule has 0 amide bonds. The van der Waals surface area contributed by atoms with Crippen LogP contribution >= 0.6 is 11.6 Å². The molecule has 2 rings (SSSR count). The zero-order valence-electron chi connectivity index (χ0n) is 11.6. The predicted molar refractivity (Wildman–Crippen MR) is 80.0 cm³/mol. The molecular formula is C14H24ClN3. The van der Waals surface area contributed by atoms with Crippen molar-refractivity contribution in [3.05, 3.63) is 28.8 Å². The SMILES string of the molecule is CC.CN1CCN(Cc2ccc(N)cc2Cl)CC1. The minimum atomic E-state index is 0.729. The molecule has 18 heavy (non-hydrogen) atoms. The van der Waals surface area contributed by atoms with Gasteiger partial charge in [0.2, 0.25) is 0 Å². The molecule has 0 atom stereocenters. The van der Waals surface area contributed by atoms with Gasteiger partial charge in [0.25, 0.3) is 0 Å². The summed E-state index contributed by atoms with van der Waals surface area (Å²) >= 11 is 6.16. The quantitative estimate of drug-likeness (QED) is 0.838. The second kappa shape index (κ2) is 7.62. The van der Waals surface area contributed by atoms with Crippen LogP contribution in [-0.2, 0) is 6.54 Å². The molecule has 0 saturated carbocycles. The van der Waals surface area contributed by atoms with Crippen molar-refractivity contribution in [3.8, 4) is 0 Å². The van der Waals surface area contributed by atoms with Crippen molar-refractivity contribution in [1.29, 1.82) is 0 Å². The van der Waals surface area contributed by atoms with Gasteiger partial charge < -0.3 is 10.6 Å². The van der Waals surface area contributed by atoms with Crippen molar-refractivity contribution in [2.75, 3.05) is 39.0 Å². The number of nitrogens with two attached hydrogens (primary N) is 1. The molecule has 0 radical (unpaired) electrons. The Balaban J connectivity index is 0.000000771. The summed E-state index contributed by atoms with van der Waals surface area (Å²) in [5, 5.41) is 0.777. The summed E-state index contributed by atoms with van der Waals surface area (Å²) in [4.78, 5) is 4.78. The maximum Gasteiger partial charge on any atom is 0.0471 e. The highest BCUT2D eigenvalue weighted by Gasteiger charge is 2.14. The molecule has 2 N–H and O–H groups in total. The molecule has 1 fully saturated rings. The van der Waals surface area contributed by atoms with E-state index < -0.39 is 0 Å². The lowest BCUT2D eigenvalue weighted by Gasteiger charge is -2.32. The lowest BCUT2D eigenvalue weighted by molar-refractivity contribution is 0.148. The van der Waals surface area contributed by atoms with Gasteiger partial charge in [0, 0.05) is 43.4 Å². The van der Waals surface area contributed by atoms with Gasteiger partial charge in [-0.05, 0) is 24.7 Å². The molecule has 1 aliphatic rings. The number of hydrogen-bond acceptors (Lipinski definition) is 3. The van der Waals surface area contributed by atoms with Gasteiger partial charge in [-0.2, -0.15) is 0 Å². The molecule has 0 spiro atoms. The molecule has 1 saturated heterocycles. The number of benzene rings is 1. The van der Waals surface area contributed by atoms with Gasteiger partial charge in [-0.1, -0.05) is 31.5 Å². The molecule has 0 bridgehead atoms. The number of piperazine rings is 1. The van der Waals surface area contributed by atoms with E-state index in [0.29, 0.717) is 0 Å². The maximum absolute atomic E-state index is 6.16. The Labute approximate surface area is 116 Å². The van der Waals surface area contributed by atoms with E-state index in [2.05, 4.69) is 16.8 Å². The van der Waals surface area contributed by atoms with Crippen LogP contribution in [0.4, 0.5) is 5.69 Å². The third-order valence-electron chi connectivity index (χ3n) is 3.07. The van der Waals surface area contributed by atoms with E-state index in [4.69, 9.17) is 17.3 Å². The lowest BCUT2D eigenvalue weighted by Crippen LogP contribution is -2.43. The van der Waals surface area contributed by atoms with Crippen molar-refractivity contribution in [1.82, 2.24) is 9.80 Å². The monoisotopic (exact) mass is 269 g/mol. The molecule has 3 nitrogen and oxygen atoms in total. The van der Waals surface area contributed by atoms with Gasteiger partial charge in [-0.3, -0.25) is 4.90 Å². The number of likely N-dealkylation sites (N-methyl/N-ethyl adjacent to an activating group) is 1. The first-order valence-corrected chi connectivity index (χ1v) is 6.98. The molecule has 102 valence electrons. The zero-order chi connectivity index (χ0) is 13.5. The molecule has 1 aromatic rings. The summed E-state index contributed by atoms with van der Waals surface area (Å²) in [5.74, 6) is 0. The Hall–Kier alpha value is -0.770. The van der Waals surface area contributed by atoms with Crippen LogP contribution in [0.2, 0.25) is 5.02 Å². The largest absolute Gasteiger partial charge is 0.399 e. The summed E-state index contributed by atoms with van der Waals surface area (Å²) in [5.41, 5.74) is 7.57.